The van der Waals surface area contributed by atoms with Gasteiger partial charge in [0, 0.05) is 28.5 Å². The summed E-state index contributed by atoms with van der Waals surface area (Å²) in [4.78, 5) is 13.2. The number of sulfone groups is 1. The number of anilines is 3. The lowest BCUT2D eigenvalue weighted by molar-refractivity contribution is -0.118. The molecule has 2 atom stereocenters. The normalized spacial score (nSPS) is 22.1. The number of hydrogen-bond donors (Lipinski definition) is 3. The molecule has 1 spiro atoms. The van der Waals surface area contributed by atoms with Gasteiger partial charge in [0.25, 0.3) is 0 Å². The molecule has 37 heavy (non-hydrogen) atoms. The van der Waals surface area contributed by atoms with E-state index in [2.05, 4.69) is 20.8 Å². The average Bonchev–Trinajstić information content (AvgIpc) is 3.31. The number of hydrogen-bond acceptors (Lipinski definition) is 7. The molecule has 3 N–H and O–H groups in total. The second kappa shape index (κ2) is 7.36. The number of ether oxygens (including phenoxy) is 2. The number of nitrogens with one attached hydrogen (secondary N) is 3. The third-order valence-corrected chi connectivity index (χ3v) is 9.09. The fourth-order valence-corrected chi connectivity index (χ4v) is 6.83. The lowest BCUT2D eigenvalue weighted by atomic mass is 9.91. The lowest BCUT2D eigenvalue weighted by Crippen LogP contribution is -2.21. The molecule has 1 aromatic heterocycles. The predicted molar refractivity (Wildman–Crippen MR) is 139 cm³/mol. The molecule has 3 aromatic carbocycles. The molecule has 186 valence electrons. The van der Waals surface area contributed by atoms with Crippen LogP contribution in [0.3, 0.4) is 0 Å². The number of amides is 1. The van der Waals surface area contributed by atoms with E-state index in [4.69, 9.17) is 9.47 Å². The van der Waals surface area contributed by atoms with Gasteiger partial charge in [-0.1, -0.05) is 6.07 Å². The quantitative estimate of drug-likeness (QED) is 0.359. The van der Waals surface area contributed by atoms with Crippen LogP contribution in [-0.4, -0.2) is 38.7 Å². The topological polar surface area (TPSA) is 122 Å². The summed E-state index contributed by atoms with van der Waals surface area (Å²) < 4.78 is 35.3. The second-order valence-electron chi connectivity index (χ2n) is 9.53. The van der Waals surface area contributed by atoms with E-state index in [1.54, 1.807) is 19.3 Å². The van der Waals surface area contributed by atoms with Crippen LogP contribution in [0.25, 0.3) is 17.0 Å². The Bertz CT molecular complexity index is 1790. The zero-order chi connectivity index (χ0) is 25.5. The van der Waals surface area contributed by atoms with E-state index in [9.17, 15) is 13.2 Å². The molecule has 2 aliphatic heterocycles. The minimum Gasteiger partial charge on any atom is -0.497 e. The summed E-state index contributed by atoms with van der Waals surface area (Å²) in [6.07, 6.45) is 2.30. The van der Waals surface area contributed by atoms with Gasteiger partial charge in [-0.15, -0.1) is 0 Å². The first-order valence-corrected chi connectivity index (χ1v) is 13.3. The average molecular weight is 515 g/mol. The van der Waals surface area contributed by atoms with Gasteiger partial charge >= 0.3 is 0 Å². The molecule has 0 saturated heterocycles. The van der Waals surface area contributed by atoms with Gasteiger partial charge in [0.2, 0.25) is 15.7 Å². The van der Waals surface area contributed by atoms with Gasteiger partial charge in [0.05, 0.1) is 35.7 Å². The van der Waals surface area contributed by atoms with Crippen molar-refractivity contribution >= 4 is 49.9 Å². The summed E-state index contributed by atoms with van der Waals surface area (Å²) in [6.45, 7) is 0. The van der Waals surface area contributed by atoms with Gasteiger partial charge in [-0.3, -0.25) is 9.89 Å². The summed E-state index contributed by atoms with van der Waals surface area (Å²) in [7, 11) is -0.322. The Morgan fingerprint density at radius 1 is 1.08 bits per heavy atom. The number of H-pyrrole nitrogens is 1. The van der Waals surface area contributed by atoms with Crippen molar-refractivity contribution in [2.45, 2.75) is 22.6 Å². The van der Waals surface area contributed by atoms with Crippen LogP contribution in [0.2, 0.25) is 0 Å². The highest BCUT2D eigenvalue weighted by Crippen LogP contribution is 2.65. The Balaban J connectivity index is 1.21. The Kier molecular flexibility index (Phi) is 4.36. The number of nitrogens with zero attached hydrogens (tertiary/aromatic N) is 1. The van der Waals surface area contributed by atoms with E-state index in [1.165, 1.54) is 18.6 Å². The molecule has 9 nitrogen and oxygen atoms in total. The van der Waals surface area contributed by atoms with Crippen molar-refractivity contribution in [2.24, 2.45) is 0 Å². The number of benzene rings is 3. The molecular weight excluding hydrogens is 492 g/mol. The van der Waals surface area contributed by atoms with Crippen molar-refractivity contribution in [1.82, 2.24) is 10.2 Å². The van der Waals surface area contributed by atoms with E-state index in [-0.39, 0.29) is 16.7 Å². The van der Waals surface area contributed by atoms with Crippen LogP contribution in [0.5, 0.6) is 11.5 Å². The molecule has 1 amide bonds. The fourth-order valence-electron chi connectivity index (χ4n) is 5.63. The van der Waals surface area contributed by atoms with Crippen LogP contribution in [0, 0.1) is 0 Å². The third kappa shape index (κ3) is 3.05. The molecule has 0 radical (unpaired) electrons. The first-order valence-electron chi connectivity index (χ1n) is 11.7. The Hall–Kier alpha value is -4.31. The highest BCUT2D eigenvalue weighted by Gasteiger charge is 2.65. The number of fused-ring (bicyclic) bond motifs is 4. The maximum absolute atomic E-state index is 13.0. The molecule has 4 aromatic rings. The summed E-state index contributed by atoms with van der Waals surface area (Å²) in [5, 5.41) is 15.9. The van der Waals surface area contributed by atoms with Crippen molar-refractivity contribution in [1.29, 1.82) is 0 Å². The molecule has 0 bridgehead atoms. The van der Waals surface area contributed by atoms with Crippen LogP contribution < -0.4 is 20.1 Å². The number of carbonyl (C=O) groups excluding carboxylic acids is 1. The number of carbonyl (C=O) groups is 1. The van der Waals surface area contributed by atoms with Crippen LogP contribution in [0.1, 0.15) is 29.0 Å². The molecule has 3 aliphatic rings. The smallest absolute Gasteiger partial charge is 0.235 e. The number of rotatable bonds is 5. The van der Waals surface area contributed by atoms with E-state index < -0.39 is 15.3 Å². The van der Waals surface area contributed by atoms with Gasteiger partial charge in [-0.2, -0.15) is 5.10 Å². The lowest BCUT2D eigenvalue weighted by Gasteiger charge is -2.12. The minimum atomic E-state index is -3.44. The molecule has 1 saturated carbocycles. The second-order valence-corrected chi connectivity index (χ2v) is 11.3. The summed E-state index contributed by atoms with van der Waals surface area (Å²) in [5.41, 5.74) is 4.32. The summed E-state index contributed by atoms with van der Waals surface area (Å²) >= 11 is 0. The molecule has 3 heterocycles. The number of aromatic amines is 1. The van der Waals surface area contributed by atoms with E-state index in [0.29, 0.717) is 22.8 Å². The molecule has 1 fully saturated rings. The zero-order valence-electron chi connectivity index (χ0n) is 20.0. The Labute approximate surface area is 212 Å². The van der Waals surface area contributed by atoms with Gasteiger partial charge in [-0.25, -0.2) is 8.42 Å². The van der Waals surface area contributed by atoms with E-state index >= 15 is 0 Å². The maximum Gasteiger partial charge on any atom is 0.235 e. The van der Waals surface area contributed by atoms with E-state index in [1.807, 2.05) is 36.4 Å². The monoisotopic (exact) mass is 514 g/mol. The first-order chi connectivity index (χ1) is 17.8. The highest BCUT2D eigenvalue weighted by atomic mass is 32.2. The van der Waals surface area contributed by atoms with Crippen LogP contribution in [-0.2, 0) is 20.0 Å². The summed E-state index contributed by atoms with van der Waals surface area (Å²) in [5.74, 6) is 1.79. The maximum atomic E-state index is 13.0. The molecule has 0 unspecified atom stereocenters. The van der Waals surface area contributed by atoms with Gasteiger partial charge < -0.3 is 20.1 Å². The Morgan fingerprint density at radius 3 is 2.76 bits per heavy atom. The van der Waals surface area contributed by atoms with Gasteiger partial charge in [0.1, 0.15) is 11.5 Å². The standard InChI is InChI=1S/C27H22N4O5S/c1-35-16-4-6-20-18(11-16)27(26(32)29-20)13-19(27)14-3-5-17-21(9-14)30-31-25(17)28-22-10-15-7-8-37(33,34)24(15)12-23(22)36-2/h3-12,19H,13H2,1-2H3,(H,29,32)(H2,28,30,31)/t19-,27-/m0/s1. The van der Waals surface area contributed by atoms with E-state index in [0.717, 1.165) is 39.9 Å². The SMILES string of the molecule is COc1ccc2c(c1)[C@]1(C[C@H]1c1ccc3c(Nc4cc5c(cc4OC)S(=O)(=O)C=C5)n[nH]c3c1)C(=O)N2. The van der Waals surface area contributed by atoms with Crippen molar-refractivity contribution < 1.29 is 22.7 Å². The van der Waals surface area contributed by atoms with Crippen LogP contribution in [0.15, 0.2) is 58.8 Å². The van der Waals surface area contributed by atoms with Crippen LogP contribution >= 0.6 is 0 Å². The molecule has 7 rings (SSSR count). The minimum absolute atomic E-state index is 0.0209. The zero-order valence-corrected chi connectivity index (χ0v) is 20.8. The van der Waals surface area contributed by atoms with Gasteiger partial charge in [0.15, 0.2) is 5.82 Å². The van der Waals surface area contributed by atoms with Crippen molar-refractivity contribution in [3.8, 4) is 11.5 Å². The third-order valence-electron chi connectivity index (χ3n) is 7.63. The summed E-state index contributed by atoms with van der Waals surface area (Å²) in [6, 6.07) is 15.0. The fraction of sp³-hybridized carbons (Fsp3) is 0.185. The Morgan fingerprint density at radius 2 is 1.95 bits per heavy atom. The van der Waals surface area contributed by atoms with Crippen molar-refractivity contribution in [2.75, 3.05) is 24.9 Å². The number of methoxy groups -OCH3 is 2. The molecule has 10 heteroatoms. The molecular formula is C27H22N4O5S. The van der Waals surface area contributed by atoms with Gasteiger partial charge in [-0.05, 0) is 65.6 Å². The largest absolute Gasteiger partial charge is 0.497 e. The highest BCUT2D eigenvalue weighted by molar-refractivity contribution is 7.94. The molecule has 1 aliphatic carbocycles. The van der Waals surface area contributed by atoms with Crippen molar-refractivity contribution in [3.05, 3.63) is 70.6 Å². The van der Waals surface area contributed by atoms with Crippen LogP contribution in [0.4, 0.5) is 17.2 Å². The number of aromatic nitrogens is 2. The van der Waals surface area contributed by atoms with Crippen molar-refractivity contribution in [3.63, 3.8) is 0 Å². The first kappa shape index (κ1) is 21.9. The predicted octanol–water partition coefficient (Wildman–Crippen LogP) is 4.46.